The standard InChI is InChI=1S/C12H17NO/c1-8-6-11(10(3)14)12(13(4)5)7-9(8)2/h6-7H,1-5H3. The van der Waals surface area contributed by atoms with Gasteiger partial charge in [-0.3, -0.25) is 4.79 Å². The Labute approximate surface area is 85.5 Å². The van der Waals surface area contributed by atoms with Gasteiger partial charge in [0.1, 0.15) is 0 Å². The Kier molecular flexibility index (Phi) is 2.94. The van der Waals surface area contributed by atoms with Crippen LogP contribution in [0.3, 0.4) is 0 Å². The van der Waals surface area contributed by atoms with Gasteiger partial charge in [-0.05, 0) is 44.0 Å². The minimum Gasteiger partial charge on any atom is -0.377 e. The summed E-state index contributed by atoms with van der Waals surface area (Å²) < 4.78 is 0. The second kappa shape index (κ2) is 3.82. The number of anilines is 1. The molecule has 14 heavy (non-hydrogen) atoms. The zero-order valence-electron chi connectivity index (χ0n) is 9.51. The van der Waals surface area contributed by atoms with Gasteiger partial charge in [0.25, 0.3) is 0 Å². The summed E-state index contributed by atoms with van der Waals surface area (Å²) in [4.78, 5) is 13.4. The van der Waals surface area contributed by atoms with E-state index in [1.807, 2.05) is 32.0 Å². The summed E-state index contributed by atoms with van der Waals surface area (Å²) in [5, 5.41) is 0. The molecule has 0 saturated heterocycles. The van der Waals surface area contributed by atoms with Crippen molar-refractivity contribution in [1.29, 1.82) is 0 Å². The fourth-order valence-electron chi connectivity index (χ4n) is 1.45. The fraction of sp³-hybridized carbons (Fsp3) is 0.417. The van der Waals surface area contributed by atoms with Crippen molar-refractivity contribution in [2.45, 2.75) is 20.8 Å². The third-order valence-electron chi connectivity index (χ3n) is 2.47. The van der Waals surface area contributed by atoms with Crippen LogP contribution < -0.4 is 4.90 Å². The Hall–Kier alpha value is -1.31. The molecule has 2 nitrogen and oxygen atoms in total. The quantitative estimate of drug-likeness (QED) is 0.670. The van der Waals surface area contributed by atoms with Crippen LogP contribution >= 0.6 is 0 Å². The number of benzene rings is 1. The first-order valence-corrected chi connectivity index (χ1v) is 4.73. The van der Waals surface area contributed by atoms with Gasteiger partial charge < -0.3 is 4.90 Å². The van der Waals surface area contributed by atoms with E-state index in [9.17, 15) is 4.79 Å². The van der Waals surface area contributed by atoms with Crippen LogP contribution in [0.2, 0.25) is 0 Å². The zero-order valence-corrected chi connectivity index (χ0v) is 9.51. The number of aryl methyl sites for hydroxylation is 2. The molecule has 1 aromatic rings. The largest absolute Gasteiger partial charge is 0.377 e. The Balaban J connectivity index is 3.39. The molecule has 0 atom stereocenters. The molecule has 1 rings (SSSR count). The molecule has 76 valence electrons. The molecule has 0 spiro atoms. The second-order valence-electron chi connectivity index (χ2n) is 3.90. The first-order valence-electron chi connectivity index (χ1n) is 4.73. The molecule has 0 radical (unpaired) electrons. The van der Waals surface area contributed by atoms with E-state index >= 15 is 0 Å². The normalized spacial score (nSPS) is 10.1. The lowest BCUT2D eigenvalue weighted by Crippen LogP contribution is -2.13. The van der Waals surface area contributed by atoms with Gasteiger partial charge in [-0.15, -0.1) is 0 Å². The lowest BCUT2D eigenvalue weighted by molar-refractivity contribution is 0.101. The molecule has 0 aromatic heterocycles. The topological polar surface area (TPSA) is 20.3 Å². The summed E-state index contributed by atoms with van der Waals surface area (Å²) in [5.41, 5.74) is 4.19. The maximum Gasteiger partial charge on any atom is 0.161 e. The highest BCUT2D eigenvalue weighted by molar-refractivity contribution is 6.00. The molecular formula is C12H17NO. The van der Waals surface area contributed by atoms with Crippen molar-refractivity contribution in [1.82, 2.24) is 0 Å². The summed E-state index contributed by atoms with van der Waals surface area (Å²) in [7, 11) is 3.91. The molecule has 0 aliphatic heterocycles. The molecule has 1 aromatic carbocycles. The van der Waals surface area contributed by atoms with Gasteiger partial charge in [-0.25, -0.2) is 0 Å². The summed E-state index contributed by atoms with van der Waals surface area (Å²) in [6.07, 6.45) is 0. The third-order valence-corrected chi connectivity index (χ3v) is 2.47. The molecular weight excluding hydrogens is 174 g/mol. The highest BCUT2D eigenvalue weighted by Crippen LogP contribution is 2.23. The van der Waals surface area contributed by atoms with Gasteiger partial charge in [0, 0.05) is 25.3 Å². The predicted molar refractivity (Wildman–Crippen MR) is 60.2 cm³/mol. The molecule has 0 bridgehead atoms. The van der Waals surface area contributed by atoms with Crippen LogP contribution in [0.4, 0.5) is 5.69 Å². The average Bonchev–Trinajstić information content (AvgIpc) is 2.08. The lowest BCUT2D eigenvalue weighted by Gasteiger charge is -2.18. The molecule has 0 unspecified atom stereocenters. The minimum absolute atomic E-state index is 0.122. The molecule has 0 fully saturated rings. The van der Waals surface area contributed by atoms with E-state index in [0.717, 1.165) is 11.3 Å². The lowest BCUT2D eigenvalue weighted by atomic mass is 10.0. The fourth-order valence-corrected chi connectivity index (χ4v) is 1.45. The number of carbonyl (C=O) groups excluding carboxylic acids is 1. The van der Waals surface area contributed by atoms with Crippen LogP contribution in [0.5, 0.6) is 0 Å². The number of hydrogen-bond acceptors (Lipinski definition) is 2. The van der Waals surface area contributed by atoms with Gasteiger partial charge in [-0.2, -0.15) is 0 Å². The van der Waals surface area contributed by atoms with E-state index in [2.05, 4.69) is 13.0 Å². The molecule has 0 amide bonds. The van der Waals surface area contributed by atoms with Gasteiger partial charge in [-0.1, -0.05) is 0 Å². The molecule has 0 saturated carbocycles. The van der Waals surface area contributed by atoms with Gasteiger partial charge in [0.2, 0.25) is 0 Å². The van der Waals surface area contributed by atoms with Crippen molar-refractivity contribution in [3.8, 4) is 0 Å². The number of carbonyl (C=O) groups is 1. The van der Waals surface area contributed by atoms with Crippen molar-refractivity contribution >= 4 is 11.5 Å². The van der Waals surface area contributed by atoms with Crippen LogP contribution in [0.15, 0.2) is 12.1 Å². The second-order valence-corrected chi connectivity index (χ2v) is 3.90. The SMILES string of the molecule is CC(=O)c1cc(C)c(C)cc1N(C)C. The van der Waals surface area contributed by atoms with Crippen molar-refractivity contribution in [2.24, 2.45) is 0 Å². The van der Waals surface area contributed by atoms with Crippen LogP contribution in [-0.2, 0) is 0 Å². The van der Waals surface area contributed by atoms with E-state index in [4.69, 9.17) is 0 Å². The van der Waals surface area contributed by atoms with Crippen LogP contribution in [0, 0.1) is 13.8 Å². The van der Waals surface area contributed by atoms with Crippen LogP contribution in [-0.4, -0.2) is 19.9 Å². The average molecular weight is 191 g/mol. The highest BCUT2D eigenvalue weighted by atomic mass is 16.1. The maximum atomic E-state index is 11.4. The van der Waals surface area contributed by atoms with Crippen LogP contribution in [0.25, 0.3) is 0 Å². The number of rotatable bonds is 2. The first kappa shape index (κ1) is 10.8. The smallest absolute Gasteiger partial charge is 0.161 e. The summed E-state index contributed by atoms with van der Waals surface area (Å²) in [5.74, 6) is 0.122. The molecule has 0 aliphatic rings. The Morgan fingerprint density at radius 1 is 1.14 bits per heavy atom. The van der Waals surface area contributed by atoms with Crippen molar-refractivity contribution in [3.63, 3.8) is 0 Å². The van der Waals surface area contributed by atoms with E-state index in [1.165, 1.54) is 11.1 Å². The first-order chi connectivity index (χ1) is 6.43. The summed E-state index contributed by atoms with van der Waals surface area (Å²) in [6, 6.07) is 4.03. The van der Waals surface area contributed by atoms with Crippen molar-refractivity contribution < 1.29 is 4.79 Å². The molecule has 0 N–H and O–H groups in total. The highest BCUT2D eigenvalue weighted by Gasteiger charge is 2.10. The minimum atomic E-state index is 0.122. The number of nitrogens with zero attached hydrogens (tertiary/aromatic N) is 1. The zero-order chi connectivity index (χ0) is 10.9. The monoisotopic (exact) mass is 191 g/mol. The Morgan fingerprint density at radius 3 is 2.07 bits per heavy atom. The molecule has 0 heterocycles. The number of Topliss-reactive ketones (excluding diaryl/α,β-unsaturated/α-hetero) is 1. The van der Waals surface area contributed by atoms with E-state index in [1.54, 1.807) is 6.92 Å². The molecule has 0 aliphatic carbocycles. The maximum absolute atomic E-state index is 11.4. The molecule has 2 heteroatoms. The predicted octanol–water partition coefficient (Wildman–Crippen LogP) is 2.57. The number of hydrogen-bond donors (Lipinski definition) is 0. The summed E-state index contributed by atoms with van der Waals surface area (Å²) in [6.45, 7) is 5.70. The van der Waals surface area contributed by atoms with E-state index in [-0.39, 0.29) is 5.78 Å². The van der Waals surface area contributed by atoms with Crippen LogP contribution in [0.1, 0.15) is 28.4 Å². The van der Waals surface area contributed by atoms with Gasteiger partial charge in [0.15, 0.2) is 5.78 Å². The Bertz CT molecular complexity index is 367. The summed E-state index contributed by atoms with van der Waals surface area (Å²) >= 11 is 0. The van der Waals surface area contributed by atoms with Gasteiger partial charge >= 0.3 is 0 Å². The van der Waals surface area contributed by atoms with E-state index in [0.29, 0.717) is 0 Å². The van der Waals surface area contributed by atoms with Crippen molar-refractivity contribution in [2.75, 3.05) is 19.0 Å². The third kappa shape index (κ3) is 1.95. The van der Waals surface area contributed by atoms with Gasteiger partial charge in [0.05, 0.1) is 0 Å². The van der Waals surface area contributed by atoms with E-state index < -0.39 is 0 Å². The van der Waals surface area contributed by atoms with Crippen molar-refractivity contribution in [3.05, 3.63) is 28.8 Å². The number of ketones is 1. The Morgan fingerprint density at radius 2 is 1.64 bits per heavy atom.